The SMILES string of the molecule is CC1(C)c2oncc2C[C@]2(C)CC(O)(c3cccnc3)CC[C@@H]12. The summed E-state index contributed by atoms with van der Waals surface area (Å²) in [7, 11) is 0. The first-order valence-corrected chi connectivity index (χ1v) is 8.42. The van der Waals surface area contributed by atoms with Crippen molar-refractivity contribution in [3.05, 3.63) is 47.6 Å². The molecule has 3 atom stereocenters. The molecule has 2 aliphatic rings. The normalized spacial score (nSPS) is 35.4. The molecular weight excluding hydrogens is 288 g/mol. The van der Waals surface area contributed by atoms with Crippen molar-refractivity contribution >= 4 is 0 Å². The molecule has 122 valence electrons. The lowest BCUT2D eigenvalue weighted by molar-refractivity contribution is -0.101. The Bertz CT molecular complexity index is 724. The average molecular weight is 312 g/mol. The first kappa shape index (κ1) is 14.9. The van der Waals surface area contributed by atoms with E-state index < -0.39 is 5.60 Å². The van der Waals surface area contributed by atoms with Crippen molar-refractivity contribution in [1.82, 2.24) is 10.1 Å². The zero-order chi connectivity index (χ0) is 16.3. The van der Waals surface area contributed by atoms with E-state index in [1.165, 1.54) is 5.56 Å². The van der Waals surface area contributed by atoms with Crippen LogP contribution in [0.25, 0.3) is 0 Å². The van der Waals surface area contributed by atoms with Crippen molar-refractivity contribution in [2.24, 2.45) is 11.3 Å². The molecule has 0 radical (unpaired) electrons. The van der Waals surface area contributed by atoms with Crippen molar-refractivity contribution in [1.29, 1.82) is 0 Å². The van der Waals surface area contributed by atoms with Crippen molar-refractivity contribution in [2.75, 3.05) is 0 Å². The summed E-state index contributed by atoms with van der Waals surface area (Å²) in [5, 5.41) is 15.4. The van der Waals surface area contributed by atoms with Gasteiger partial charge < -0.3 is 9.63 Å². The van der Waals surface area contributed by atoms with E-state index in [1.54, 1.807) is 6.20 Å². The summed E-state index contributed by atoms with van der Waals surface area (Å²) in [4.78, 5) is 4.20. The molecule has 0 amide bonds. The van der Waals surface area contributed by atoms with Gasteiger partial charge in [-0.15, -0.1) is 0 Å². The lowest BCUT2D eigenvalue weighted by Crippen LogP contribution is -2.53. The Kier molecular flexibility index (Phi) is 3.02. The lowest BCUT2D eigenvalue weighted by atomic mass is 9.49. The summed E-state index contributed by atoms with van der Waals surface area (Å²) >= 11 is 0. The van der Waals surface area contributed by atoms with Gasteiger partial charge in [0.15, 0.2) is 0 Å². The summed E-state index contributed by atoms with van der Waals surface area (Å²) in [6, 6.07) is 3.90. The minimum Gasteiger partial charge on any atom is -0.385 e. The zero-order valence-corrected chi connectivity index (χ0v) is 14.0. The van der Waals surface area contributed by atoms with Gasteiger partial charge in [-0.25, -0.2) is 0 Å². The summed E-state index contributed by atoms with van der Waals surface area (Å²) in [6.07, 6.45) is 8.85. The smallest absolute Gasteiger partial charge is 0.145 e. The molecule has 1 saturated carbocycles. The van der Waals surface area contributed by atoms with Gasteiger partial charge in [-0.05, 0) is 43.1 Å². The van der Waals surface area contributed by atoms with Gasteiger partial charge in [0.05, 0.1) is 11.8 Å². The van der Waals surface area contributed by atoms with Gasteiger partial charge in [-0.2, -0.15) is 0 Å². The van der Waals surface area contributed by atoms with Crippen LogP contribution in [0.3, 0.4) is 0 Å². The molecule has 0 bridgehead atoms. The molecule has 4 heteroatoms. The molecule has 0 spiro atoms. The number of fused-ring (bicyclic) bond motifs is 2. The van der Waals surface area contributed by atoms with Crippen LogP contribution in [0.1, 0.15) is 56.9 Å². The maximum absolute atomic E-state index is 11.3. The topological polar surface area (TPSA) is 59.2 Å². The van der Waals surface area contributed by atoms with Gasteiger partial charge in [0.25, 0.3) is 0 Å². The quantitative estimate of drug-likeness (QED) is 0.874. The Morgan fingerprint density at radius 2 is 2.09 bits per heavy atom. The molecule has 4 nitrogen and oxygen atoms in total. The van der Waals surface area contributed by atoms with Crippen LogP contribution in [0.15, 0.2) is 35.2 Å². The highest BCUT2D eigenvalue weighted by Crippen LogP contribution is 2.60. The second kappa shape index (κ2) is 4.67. The number of pyridine rings is 1. The number of hydrogen-bond acceptors (Lipinski definition) is 4. The molecule has 2 aromatic heterocycles. The van der Waals surface area contributed by atoms with Gasteiger partial charge in [-0.1, -0.05) is 32.0 Å². The first-order valence-electron chi connectivity index (χ1n) is 8.42. The molecule has 23 heavy (non-hydrogen) atoms. The maximum atomic E-state index is 11.3. The fourth-order valence-corrected chi connectivity index (χ4v) is 5.42. The van der Waals surface area contributed by atoms with E-state index in [-0.39, 0.29) is 10.8 Å². The van der Waals surface area contributed by atoms with Crippen LogP contribution in [0.4, 0.5) is 0 Å². The molecule has 1 unspecified atom stereocenters. The zero-order valence-electron chi connectivity index (χ0n) is 14.0. The fourth-order valence-electron chi connectivity index (χ4n) is 5.42. The summed E-state index contributed by atoms with van der Waals surface area (Å²) in [5.41, 5.74) is 1.34. The number of hydrogen-bond donors (Lipinski definition) is 1. The van der Waals surface area contributed by atoms with Crippen molar-refractivity contribution in [3.63, 3.8) is 0 Å². The van der Waals surface area contributed by atoms with Crippen molar-refractivity contribution < 1.29 is 9.63 Å². The molecule has 2 aromatic rings. The molecular formula is C19H24N2O2. The second-order valence-corrected chi connectivity index (χ2v) is 8.27. The standard InChI is InChI=1S/C19H24N2O2/c1-17(2)15-6-7-19(22,14-5-4-8-20-11-14)12-18(15,3)9-13-10-21-23-16(13)17/h4-5,8,10-11,15,22H,6-7,9,12H2,1-3H3/t15-,18+,19?/m0/s1. The van der Waals surface area contributed by atoms with Crippen LogP contribution in [0, 0.1) is 11.3 Å². The molecule has 0 aromatic carbocycles. The highest BCUT2D eigenvalue weighted by Gasteiger charge is 2.57. The molecule has 2 heterocycles. The average Bonchev–Trinajstić information content (AvgIpc) is 2.96. The Labute approximate surface area is 136 Å². The molecule has 2 aliphatic carbocycles. The molecule has 1 N–H and O–H groups in total. The van der Waals surface area contributed by atoms with E-state index in [2.05, 4.69) is 30.9 Å². The molecule has 0 saturated heterocycles. The summed E-state index contributed by atoms with van der Waals surface area (Å²) in [5.74, 6) is 1.51. The van der Waals surface area contributed by atoms with E-state index >= 15 is 0 Å². The van der Waals surface area contributed by atoms with Crippen LogP contribution in [-0.4, -0.2) is 15.2 Å². The Balaban J connectivity index is 1.75. The predicted molar refractivity (Wildman–Crippen MR) is 86.8 cm³/mol. The second-order valence-electron chi connectivity index (χ2n) is 8.27. The first-order chi connectivity index (χ1) is 10.9. The predicted octanol–water partition coefficient (Wildman–Crippen LogP) is 3.60. The van der Waals surface area contributed by atoms with E-state index in [0.717, 1.165) is 37.0 Å². The van der Waals surface area contributed by atoms with Crippen LogP contribution >= 0.6 is 0 Å². The number of nitrogens with zero attached hydrogens (tertiary/aromatic N) is 2. The monoisotopic (exact) mass is 312 g/mol. The molecule has 1 fully saturated rings. The number of aliphatic hydroxyl groups is 1. The van der Waals surface area contributed by atoms with Gasteiger partial charge in [0.1, 0.15) is 5.76 Å². The van der Waals surface area contributed by atoms with Crippen molar-refractivity contribution in [3.8, 4) is 0 Å². The fraction of sp³-hybridized carbons (Fsp3) is 0.579. The summed E-state index contributed by atoms with van der Waals surface area (Å²) < 4.78 is 5.58. The highest BCUT2D eigenvalue weighted by atomic mass is 16.5. The Morgan fingerprint density at radius 1 is 1.26 bits per heavy atom. The Hall–Kier alpha value is -1.68. The van der Waals surface area contributed by atoms with Gasteiger partial charge in [-0.3, -0.25) is 4.98 Å². The van der Waals surface area contributed by atoms with E-state index in [4.69, 9.17) is 4.52 Å². The van der Waals surface area contributed by atoms with Crippen LogP contribution in [-0.2, 0) is 17.4 Å². The van der Waals surface area contributed by atoms with E-state index in [9.17, 15) is 5.11 Å². The van der Waals surface area contributed by atoms with Gasteiger partial charge in [0, 0.05) is 28.9 Å². The summed E-state index contributed by atoms with van der Waals surface area (Å²) in [6.45, 7) is 6.83. The third-order valence-corrected chi connectivity index (χ3v) is 6.28. The minimum atomic E-state index is -0.787. The highest BCUT2D eigenvalue weighted by molar-refractivity contribution is 5.32. The Morgan fingerprint density at radius 3 is 2.83 bits per heavy atom. The number of rotatable bonds is 1. The maximum Gasteiger partial charge on any atom is 0.145 e. The van der Waals surface area contributed by atoms with E-state index in [0.29, 0.717) is 5.92 Å². The van der Waals surface area contributed by atoms with Gasteiger partial charge in [0.2, 0.25) is 0 Å². The van der Waals surface area contributed by atoms with Crippen LogP contribution < -0.4 is 0 Å². The third kappa shape index (κ3) is 2.08. The lowest BCUT2D eigenvalue weighted by Gasteiger charge is -2.56. The van der Waals surface area contributed by atoms with Crippen molar-refractivity contribution in [2.45, 2.75) is 57.5 Å². The third-order valence-electron chi connectivity index (χ3n) is 6.28. The van der Waals surface area contributed by atoms with Crippen LogP contribution in [0.5, 0.6) is 0 Å². The number of aromatic nitrogens is 2. The minimum absolute atomic E-state index is 0.0326. The van der Waals surface area contributed by atoms with E-state index in [1.807, 2.05) is 24.5 Å². The molecule has 4 rings (SSSR count). The largest absolute Gasteiger partial charge is 0.385 e. The van der Waals surface area contributed by atoms with Gasteiger partial charge >= 0.3 is 0 Å². The molecule has 0 aliphatic heterocycles. The van der Waals surface area contributed by atoms with Crippen LogP contribution in [0.2, 0.25) is 0 Å².